The summed E-state index contributed by atoms with van der Waals surface area (Å²) in [7, 11) is 0. The number of carboxylic acids is 4. The summed E-state index contributed by atoms with van der Waals surface area (Å²) in [6.07, 6.45) is -0.429. The summed E-state index contributed by atoms with van der Waals surface area (Å²) in [4.78, 5) is 141. The summed E-state index contributed by atoms with van der Waals surface area (Å²) in [6, 6.07) is -10.1. The van der Waals surface area contributed by atoms with Gasteiger partial charge in [0.25, 0.3) is 0 Å². The Morgan fingerprint density at radius 1 is 0.656 bits per heavy atom. The van der Waals surface area contributed by atoms with Crippen LogP contribution in [0.5, 0.6) is 0 Å². The van der Waals surface area contributed by atoms with Gasteiger partial charge in [-0.15, -0.1) is 0 Å². The van der Waals surface area contributed by atoms with E-state index in [9.17, 15) is 68.1 Å². The molecule has 0 aromatic carbocycles. The fourth-order valence-electron chi connectivity index (χ4n) is 6.22. The molecule has 1 heterocycles. The summed E-state index contributed by atoms with van der Waals surface area (Å²) in [6.45, 7) is 6.29. The Morgan fingerprint density at radius 3 is 1.61 bits per heavy atom. The van der Waals surface area contributed by atoms with Gasteiger partial charge in [-0.3, -0.25) is 47.9 Å². The zero-order valence-corrected chi connectivity index (χ0v) is 35.7. The molecule has 8 atom stereocenters. The van der Waals surface area contributed by atoms with Crippen LogP contribution < -0.4 is 37.6 Å². The molecule has 0 saturated carbocycles. The van der Waals surface area contributed by atoms with E-state index in [2.05, 4.69) is 31.9 Å². The third kappa shape index (κ3) is 18.3. The molecule has 61 heavy (non-hydrogen) atoms. The highest BCUT2D eigenvalue weighted by molar-refractivity contribution is 7.98. The molecule has 1 aliphatic rings. The summed E-state index contributed by atoms with van der Waals surface area (Å²) in [5, 5.41) is 51.7. The molecule has 0 spiro atoms. The predicted molar refractivity (Wildman–Crippen MR) is 216 cm³/mol. The van der Waals surface area contributed by atoms with Crippen molar-refractivity contribution in [1.29, 1.82) is 0 Å². The first-order valence-corrected chi connectivity index (χ1v) is 21.2. The lowest BCUT2D eigenvalue weighted by Crippen LogP contribution is -2.61. The van der Waals surface area contributed by atoms with E-state index >= 15 is 0 Å². The maximum Gasteiger partial charge on any atom is 0.326 e. The van der Waals surface area contributed by atoms with E-state index in [0.29, 0.717) is 12.2 Å². The van der Waals surface area contributed by atoms with Crippen LogP contribution >= 0.6 is 11.8 Å². The van der Waals surface area contributed by atoms with Gasteiger partial charge in [-0.2, -0.15) is 11.8 Å². The first-order valence-electron chi connectivity index (χ1n) is 19.8. The van der Waals surface area contributed by atoms with Crippen LogP contribution in [-0.4, -0.2) is 158 Å². The van der Waals surface area contributed by atoms with Crippen molar-refractivity contribution >= 4 is 77.0 Å². The quantitative estimate of drug-likeness (QED) is 0.0390. The number of hydrogen-bond donors (Lipinski definition) is 11. The third-order valence-electron chi connectivity index (χ3n) is 9.89. The van der Waals surface area contributed by atoms with Gasteiger partial charge >= 0.3 is 23.9 Å². The van der Waals surface area contributed by atoms with Crippen LogP contribution in [0.25, 0.3) is 0 Å². The molecule has 12 N–H and O–H groups in total. The number of nitrogens with one attached hydrogen (secondary N) is 6. The Morgan fingerprint density at radius 2 is 1.13 bits per heavy atom. The smallest absolute Gasteiger partial charge is 0.326 e. The lowest BCUT2D eigenvalue weighted by atomic mass is 9.95. The molecule has 1 fully saturated rings. The van der Waals surface area contributed by atoms with Crippen molar-refractivity contribution in [1.82, 2.24) is 36.8 Å². The Balaban J connectivity index is 3.36. The van der Waals surface area contributed by atoms with Gasteiger partial charge in [-0.05, 0) is 55.9 Å². The fraction of sp³-hybridized carbons (Fsp3) is 0.703. The van der Waals surface area contributed by atoms with Crippen LogP contribution in [0.3, 0.4) is 0 Å². The van der Waals surface area contributed by atoms with Crippen LogP contribution in [0.15, 0.2) is 0 Å². The van der Waals surface area contributed by atoms with Crippen molar-refractivity contribution < 1.29 is 73.2 Å². The summed E-state index contributed by atoms with van der Waals surface area (Å²) < 4.78 is 0. The zero-order chi connectivity index (χ0) is 46.6. The number of carboxylic acid groups (broad SMARTS) is 4. The number of hydrogen-bond acceptors (Lipinski definition) is 13. The minimum atomic E-state index is -1.80. The van der Waals surface area contributed by atoms with E-state index < -0.39 is 151 Å². The molecule has 0 aromatic heterocycles. The molecule has 7 amide bonds. The summed E-state index contributed by atoms with van der Waals surface area (Å²) >= 11 is 1.31. The van der Waals surface area contributed by atoms with E-state index in [-0.39, 0.29) is 32.4 Å². The van der Waals surface area contributed by atoms with Crippen molar-refractivity contribution in [3.63, 3.8) is 0 Å². The first-order chi connectivity index (χ1) is 28.6. The average molecular weight is 889 g/mol. The molecule has 344 valence electrons. The van der Waals surface area contributed by atoms with Gasteiger partial charge in [0.1, 0.15) is 42.3 Å². The van der Waals surface area contributed by atoms with E-state index in [1.165, 1.54) is 16.7 Å². The molecule has 24 heteroatoms. The molecule has 0 radical (unpaired) electrons. The zero-order valence-electron chi connectivity index (χ0n) is 34.9. The number of carbonyl (C=O) groups is 11. The van der Waals surface area contributed by atoms with E-state index in [1.54, 1.807) is 34.0 Å². The number of thioether (sulfide) groups is 1. The average Bonchev–Trinajstić information content (AvgIpc) is 3.69. The van der Waals surface area contributed by atoms with Gasteiger partial charge in [-0.25, -0.2) is 4.79 Å². The monoisotopic (exact) mass is 888 g/mol. The second kappa shape index (κ2) is 26.6. The molecule has 0 bridgehead atoms. The highest BCUT2D eigenvalue weighted by Gasteiger charge is 2.38. The van der Waals surface area contributed by atoms with E-state index in [1.807, 2.05) is 0 Å². The predicted octanol–water partition coefficient (Wildman–Crippen LogP) is -2.41. The van der Waals surface area contributed by atoms with Crippen molar-refractivity contribution in [3.8, 4) is 0 Å². The molecular weight excluding hydrogens is 829 g/mol. The fourth-order valence-corrected chi connectivity index (χ4v) is 6.69. The maximum absolute atomic E-state index is 13.9. The summed E-state index contributed by atoms with van der Waals surface area (Å²) in [5.41, 5.74) is 5.46. The van der Waals surface area contributed by atoms with Gasteiger partial charge in [0, 0.05) is 19.4 Å². The Bertz CT molecular complexity index is 1610. The van der Waals surface area contributed by atoms with Gasteiger partial charge in [0.05, 0.1) is 13.0 Å². The Hall–Kier alpha value is -5.52. The van der Waals surface area contributed by atoms with Crippen molar-refractivity contribution in [2.45, 2.75) is 128 Å². The van der Waals surface area contributed by atoms with E-state index in [0.717, 1.165) is 0 Å². The molecular formula is C37H60N8O15S. The summed E-state index contributed by atoms with van der Waals surface area (Å²) in [5.74, 6) is -12.8. The van der Waals surface area contributed by atoms with Crippen LogP contribution in [0.4, 0.5) is 0 Å². The van der Waals surface area contributed by atoms with Gasteiger partial charge < -0.3 is 63.0 Å². The number of nitrogens with two attached hydrogens (primary N) is 1. The lowest BCUT2D eigenvalue weighted by Gasteiger charge is -2.30. The molecule has 0 aliphatic carbocycles. The van der Waals surface area contributed by atoms with Crippen LogP contribution in [0, 0.1) is 11.8 Å². The molecule has 1 aliphatic heterocycles. The number of carbonyl (C=O) groups excluding carboxylic acids is 7. The third-order valence-corrected chi connectivity index (χ3v) is 10.5. The Labute approximate surface area is 356 Å². The highest BCUT2D eigenvalue weighted by atomic mass is 32.2. The minimum Gasteiger partial charge on any atom is -0.481 e. The van der Waals surface area contributed by atoms with Crippen molar-refractivity contribution in [2.24, 2.45) is 17.6 Å². The number of nitrogens with zero attached hydrogens (tertiary/aromatic N) is 1. The normalized spacial score (nSPS) is 17.0. The minimum absolute atomic E-state index is 0.000252. The van der Waals surface area contributed by atoms with Crippen LogP contribution in [0.2, 0.25) is 0 Å². The maximum atomic E-state index is 13.9. The molecule has 1 rings (SSSR count). The number of rotatable bonds is 28. The van der Waals surface area contributed by atoms with Gasteiger partial charge in [0.15, 0.2) is 0 Å². The second-order valence-electron chi connectivity index (χ2n) is 14.9. The van der Waals surface area contributed by atoms with E-state index in [4.69, 9.17) is 10.8 Å². The van der Waals surface area contributed by atoms with Crippen molar-refractivity contribution in [3.05, 3.63) is 0 Å². The van der Waals surface area contributed by atoms with Gasteiger partial charge in [-0.1, -0.05) is 34.1 Å². The highest BCUT2D eigenvalue weighted by Crippen LogP contribution is 2.18. The molecule has 1 saturated heterocycles. The molecule has 23 nitrogen and oxygen atoms in total. The van der Waals surface area contributed by atoms with Crippen LogP contribution in [0.1, 0.15) is 85.5 Å². The SMILES string of the molecule is CC[C@H](C)[C@H](NC(=O)[C@H](CCC(=O)O)NC(=O)[C@H](CCC(=O)O)NC(=O)[C@@H]1CCCN1C(=O)CN)C(=O)N[C@H](C(=O)N[C@@H](CCSC)C(=O)N[C@@H](CC(=O)O)C(=O)O)C(C)C. The second-order valence-corrected chi connectivity index (χ2v) is 15.9. The number of amides is 7. The number of aliphatic carboxylic acids is 4. The van der Waals surface area contributed by atoms with Crippen LogP contribution in [-0.2, 0) is 52.7 Å². The molecule has 0 aromatic rings. The van der Waals surface area contributed by atoms with Crippen molar-refractivity contribution in [2.75, 3.05) is 25.1 Å². The first kappa shape index (κ1) is 53.5. The topological polar surface area (TPSA) is 370 Å². The lowest BCUT2D eigenvalue weighted by molar-refractivity contribution is -0.147. The Kier molecular flexibility index (Phi) is 23.4. The largest absolute Gasteiger partial charge is 0.481 e. The molecule has 0 unspecified atom stereocenters. The van der Waals surface area contributed by atoms with Gasteiger partial charge in [0.2, 0.25) is 41.4 Å². The number of likely N-dealkylation sites (tertiary alicyclic amines) is 1. The standard InChI is InChI=1S/C37H60N8O15S/c1-6-19(4)30(36(58)43-29(18(2)3)35(57)41-22(13-15-61-5)32(54)42-23(37(59)60)16-28(51)52)44-33(55)21(10-12-27(49)50)39-31(53)20(9-11-26(47)48)40-34(56)24-8-7-14-45(24)25(46)17-38/h18-24,29-30H,6-17,38H2,1-5H3,(H,39,53)(H,40,56)(H,41,57)(H,42,54)(H,43,58)(H,44,55)(H,47,48)(H,49,50)(H,51,52)(H,59,60)/t19-,20-,21-,22-,23-,24-,29-,30-/m0/s1.